The minimum atomic E-state index is -0.938. The van der Waals surface area contributed by atoms with Crippen LogP contribution in [0.1, 0.15) is 10.4 Å². The van der Waals surface area contributed by atoms with Crippen molar-refractivity contribution in [2.24, 2.45) is 0 Å². The molecule has 0 atom stereocenters. The molecule has 0 aliphatic heterocycles. The van der Waals surface area contributed by atoms with E-state index in [1.54, 1.807) is 30.0 Å². The molecule has 0 fully saturated rings. The van der Waals surface area contributed by atoms with Gasteiger partial charge in [-0.2, -0.15) is 0 Å². The van der Waals surface area contributed by atoms with Crippen LogP contribution in [0.5, 0.6) is 0 Å². The van der Waals surface area contributed by atoms with Gasteiger partial charge in [0.2, 0.25) is 0 Å². The zero-order valence-corrected chi connectivity index (χ0v) is 11.6. The Morgan fingerprint density at radius 1 is 1.20 bits per heavy atom. The van der Waals surface area contributed by atoms with Gasteiger partial charge in [-0.1, -0.05) is 12.1 Å². The van der Waals surface area contributed by atoms with Gasteiger partial charge in [-0.15, -0.1) is 11.8 Å². The van der Waals surface area contributed by atoms with Crippen LogP contribution in [0, 0.1) is 0 Å². The Balaban J connectivity index is 2.05. The van der Waals surface area contributed by atoms with Crippen LogP contribution >= 0.6 is 11.8 Å². The first-order valence-electron chi connectivity index (χ1n) is 6.05. The van der Waals surface area contributed by atoms with Gasteiger partial charge in [-0.3, -0.25) is 0 Å². The van der Waals surface area contributed by atoms with Crippen molar-refractivity contribution in [1.29, 1.82) is 0 Å². The van der Waals surface area contributed by atoms with Gasteiger partial charge in [-0.25, -0.2) is 9.78 Å². The summed E-state index contributed by atoms with van der Waals surface area (Å²) in [5, 5.41) is 8.99. The van der Waals surface area contributed by atoms with Crippen molar-refractivity contribution in [3.05, 3.63) is 48.0 Å². The maximum Gasteiger partial charge on any atom is 0.335 e. The van der Waals surface area contributed by atoms with E-state index in [4.69, 9.17) is 5.11 Å². The van der Waals surface area contributed by atoms with Crippen LogP contribution < -0.4 is 0 Å². The molecule has 5 heteroatoms. The third-order valence-corrected chi connectivity index (χ3v) is 3.84. The van der Waals surface area contributed by atoms with E-state index in [1.807, 2.05) is 30.5 Å². The lowest BCUT2D eigenvalue weighted by Gasteiger charge is -1.98. The van der Waals surface area contributed by atoms with E-state index in [2.05, 4.69) is 9.97 Å². The molecule has 3 rings (SSSR count). The number of carboxylic acid groups (broad SMARTS) is 1. The fourth-order valence-corrected chi connectivity index (χ4v) is 2.44. The summed E-state index contributed by atoms with van der Waals surface area (Å²) in [5.74, 6) is -0.192. The summed E-state index contributed by atoms with van der Waals surface area (Å²) < 4.78 is 0. The molecule has 0 aliphatic rings. The van der Waals surface area contributed by atoms with Gasteiger partial charge in [-0.05, 0) is 36.6 Å². The summed E-state index contributed by atoms with van der Waals surface area (Å²) in [5.41, 5.74) is 2.73. The Labute approximate surface area is 119 Å². The predicted octanol–water partition coefficient (Wildman–Crippen LogP) is 3.65. The first-order valence-corrected chi connectivity index (χ1v) is 7.27. The van der Waals surface area contributed by atoms with Crippen LogP contribution in [0.15, 0.2) is 47.4 Å². The Bertz CT molecular complexity index is 778. The van der Waals surface area contributed by atoms with Gasteiger partial charge in [0.25, 0.3) is 0 Å². The molecule has 100 valence electrons. The number of benzene rings is 2. The summed E-state index contributed by atoms with van der Waals surface area (Å²) in [6, 6.07) is 13.0. The molecule has 0 radical (unpaired) electrons. The molecule has 0 spiro atoms. The Morgan fingerprint density at radius 3 is 2.60 bits per heavy atom. The highest BCUT2D eigenvalue weighted by atomic mass is 32.2. The zero-order valence-electron chi connectivity index (χ0n) is 10.8. The van der Waals surface area contributed by atoms with Gasteiger partial charge in [0.15, 0.2) is 0 Å². The second-order valence-electron chi connectivity index (χ2n) is 4.35. The van der Waals surface area contributed by atoms with Crippen LogP contribution in [0.25, 0.3) is 22.4 Å². The number of H-pyrrole nitrogens is 1. The number of nitrogens with zero attached hydrogens (tertiary/aromatic N) is 1. The Kier molecular flexibility index (Phi) is 3.20. The van der Waals surface area contributed by atoms with Gasteiger partial charge in [0.05, 0.1) is 16.6 Å². The molecule has 0 bridgehead atoms. The molecule has 1 aromatic heterocycles. The van der Waals surface area contributed by atoms with E-state index in [9.17, 15) is 4.79 Å². The van der Waals surface area contributed by atoms with Crippen LogP contribution in [-0.2, 0) is 0 Å². The summed E-state index contributed by atoms with van der Waals surface area (Å²) in [6.07, 6.45) is 2.03. The number of carbonyl (C=O) groups is 1. The number of thioether (sulfide) groups is 1. The topological polar surface area (TPSA) is 66.0 Å². The van der Waals surface area contributed by atoms with Crippen LogP contribution in [0.2, 0.25) is 0 Å². The van der Waals surface area contributed by atoms with Gasteiger partial charge in [0, 0.05) is 10.5 Å². The van der Waals surface area contributed by atoms with Crippen LogP contribution in [0.4, 0.5) is 0 Å². The van der Waals surface area contributed by atoms with Gasteiger partial charge < -0.3 is 10.1 Å². The van der Waals surface area contributed by atoms with Crippen LogP contribution in [0.3, 0.4) is 0 Å². The lowest BCUT2D eigenvalue weighted by Crippen LogP contribution is -1.94. The molecule has 4 nitrogen and oxygen atoms in total. The van der Waals surface area contributed by atoms with E-state index in [1.165, 1.54) is 4.90 Å². The van der Waals surface area contributed by atoms with Crippen molar-refractivity contribution in [1.82, 2.24) is 9.97 Å². The standard InChI is InChI=1S/C15H12N2O2S/c1-20-11-5-2-9(3-6-11)14-16-12-7-4-10(15(18)19)8-13(12)17-14/h2-8H,1H3,(H,16,17)(H,18,19). The maximum absolute atomic E-state index is 11.0. The lowest BCUT2D eigenvalue weighted by atomic mass is 10.2. The number of hydrogen-bond donors (Lipinski definition) is 2. The molecule has 0 saturated heterocycles. The van der Waals surface area contributed by atoms with Crippen molar-refractivity contribution >= 4 is 28.8 Å². The van der Waals surface area contributed by atoms with Gasteiger partial charge in [0.1, 0.15) is 5.82 Å². The number of imidazole rings is 1. The average molecular weight is 284 g/mol. The van der Waals surface area contributed by atoms with Crippen molar-refractivity contribution in [2.45, 2.75) is 4.90 Å². The SMILES string of the molecule is CSc1ccc(-c2nc3ccc(C(=O)O)cc3[nH]2)cc1. The molecule has 0 saturated carbocycles. The first-order chi connectivity index (χ1) is 9.67. The number of carboxylic acids is 1. The summed E-state index contributed by atoms with van der Waals surface area (Å²) in [4.78, 5) is 19.8. The number of aromatic nitrogens is 2. The minimum Gasteiger partial charge on any atom is -0.478 e. The van der Waals surface area contributed by atoms with Gasteiger partial charge >= 0.3 is 5.97 Å². The number of aromatic carboxylic acids is 1. The highest BCUT2D eigenvalue weighted by Gasteiger charge is 2.08. The molecule has 20 heavy (non-hydrogen) atoms. The molecule has 2 N–H and O–H groups in total. The van der Waals surface area contributed by atoms with E-state index in [0.717, 1.165) is 22.4 Å². The number of aromatic amines is 1. The summed E-state index contributed by atoms with van der Waals surface area (Å²) in [7, 11) is 0. The highest BCUT2D eigenvalue weighted by molar-refractivity contribution is 7.98. The fraction of sp³-hybridized carbons (Fsp3) is 0.0667. The zero-order chi connectivity index (χ0) is 14.1. The smallest absolute Gasteiger partial charge is 0.335 e. The summed E-state index contributed by atoms with van der Waals surface area (Å²) in [6.45, 7) is 0. The number of hydrogen-bond acceptors (Lipinski definition) is 3. The monoisotopic (exact) mass is 284 g/mol. The van der Waals surface area contributed by atoms with E-state index >= 15 is 0 Å². The molecular weight excluding hydrogens is 272 g/mol. The molecule has 1 heterocycles. The third-order valence-electron chi connectivity index (χ3n) is 3.09. The number of fused-ring (bicyclic) bond motifs is 1. The lowest BCUT2D eigenvalue weighted by molar-refractivity contribution is 0.0697. The van der Waals surface area contributed by atoms with E-state index in [0.29, 0.717) is 0 Å². The normalized spacial score (nSPS) is 10.8. The molecule has 0 amide bonds. The summed E-state index contributed by atoms with van der Waals surface area (Å²) >= 11 is 1.69. The second-order valence-corrected chi connectivity index (χ2v) is 5.23. The van der Waals surface area contributed by atoms with Crippen molar-refractivity contribution in [3.63, 3.8) is 0 Å². The van der Waals surface area contributed by atoms with Crippen molar-refractivity contribution < 1.29 is 9.90 Å². The number of rotatable bonds is 3. The van der Waals surface area contributed by atoms with Crippen molar-refractivity contribution in [2.75, 3.05) is 6.26 Å². The largest absolute Gasteiger partial charge is 0.478 e. The maximum atomic E-state index is 11.0. The average Bonchev–Trinajstić information content (AvgIpc) is 2.90. The molecule has 2 aromatic carbocycles. The molecule has 3 aromatic rings. The quantitative estimate of drug-likeness (QED) is 0.720. The Morgan fingerprint density at radius 2 is 1.95 bits per heavy atom. The molecule has 0 aliphatic carbocycles. The van der Waals surface area contributed by atoms with Crippen molar-refractivity contribution in [3.8, 4) is 11.4 Å². The van der Waals surface area contributed by atoms with Crippen LogP contribution in [-0.4, -0.2) is 27.3 Å². The Hall–Kier alpha value is -2.27. The van der Waals surface area contributed by atoms with E-state index < -0.39 is 5.97 Å². The minimum absolute atomic E-state index is 0.255. The second kappa shape index (κ2) is 5.02. The first kappa shape index (κ1) is 12.7. The molecule has 0 unspecified atom stereocenters. The number of nitrogens with one attached hydrogen (secondary N) is 1. The highest BCUT2D eigenvalue weighted by Crippen LogP contribution is 2.23. The van der Waals surface area contributed by atoms with E-state index in [-0.39, 0.29) is 5.56 Å². The third kappa shape index (κ3) is 2.28. The molecular formula is C15H12N2O2S. The predicted molar refractivity (Wildman–Crippen MR) is 80.3 cm³/mol. The fourth-order valence-electron chi connectivity index (χ4n) is 2.03.